The normalized spacial score (nSPS) is 11.4. The van der Waals surface area contributed by atoms with Crippen LogP contribution in [0.15, 0.2) is 46.9 Å². The van der Waals surface area contributed by atoms with Crippen LogP contribution in [0.4, 0.5) is 13.2 Å². The van der Waals surface area contributed by atoms with Crippen LogP contribution in [0.5, 0.6) is 11.5 Å². The smallest absolute Gasteiger partial charge is 0.421 e. The van der Waals surface area contributed by atoms with E-state index in [1.807, 2.05) is 6.92 Å². The van der Waals surface area contributed by atoms with Crippen LogP contribution in [0.25, 0.3) is 0 Å². The quantitative estimate of drug-likeness (QED) is 0.699. The molecule has 2 aromatic carbocycles. The molecule has 0 fully saturated rings. The van der Waals surface area contributed by atoms with Gasteiger partial charge in [0.25, 0.3) is 0 Å². The topological polar surface area (TPSA) is 9.23 Å². The van der Waals surface area contributed by atoms with Crippen LogP contribution < -0.4 is 4.74 Å². The van der Waals surface area contributed by atoms with E-state index >= 15 is 0 Å². The molecular weight excluding hydrogens is 321 g/mol. The van der Waals surface area contributed by atoms with Gasteiger partial charge in [-0.3, -0.25) is 0 Å². The van der Waals surface area contributed by atoms with Crippen molar-refractivity contribution in [2.24, 2.45) is 0 Å². The molecule has 0 aliphatic carbocycles. The molecule has 2 rings (SSSR count). The Morgan fingerprint density at radius 2 is 1.63 bits per heavy atom. The van der Waals surface area contributed by atoms with E-state index in [4.69, 9.17) is 4.74 Å². The molecule has 0 radical (unpaired) electrons. The number of hydrogen-bond acceptors (Lipinski definition) is 1. The molecule has 5 heteroatoms. The molecule has 19 heavy (non-hydrogen) atoms. The monoisotopic (exact) mass is 330 g/mol. The molecule has 0 aliphatic rings. The van der Waals surface area contributed by atoms with Gasteiger partial charge in [-0.25, -0.2) is 0 Å². The van der Waals surface area contributed by atoms with E-state index in [1.165, 1.54) is 18.2 Å². The van der Waals surface area contributed by atoms with Crippen LogP contribution in [-0.2, 0) is 6.18 Å². The van der Waals surface area contributed by atoms with Crippen molar-refractivity contribution < 1.29 is 17.9 Å². The summed E-state index contributed by atoms with van der Waals surface area (Å²) in [4.78, 5) is 0. The average Bonchev–Trinajstić information content (AvgIpc) is 2.30. The molecule has 0 saturated carbocycles. The molecule has 1 nitrogen and oxygen atoms in total. The molecule has 0 saturated heterocycles. The van der Waals surface area contributed by atoms with Crippen molar-refractivity contribution in [2.75, 3.05) is 0 Å². The third kappa shape index (κ3) is 3.29. The third-order valence-electron chi connectivity index (χ3n) is 2.51. The second kappa shape index (κ2) is 5.25. The van der Waals surface area contributed by atoms with Crippen LogP contribution in [0, 0.1) is 6.92 Å². The van der Waals surface area contributed by atoms with Crippen molar-refractivity contribution in [1.29, 1.82) is 0 Å². The summed E-state index contributed by atoms with van der Waals surface area (Å²) in [6.07, 6.45) is -4.47. The summed E-state index contributed by atoms with van der Waals surface area (Å²) in [5, 5.41) is 0. The fourth-order valence-electron chi connectivity index (χ4n) is 1.60. The number of ether oxygens (including phenoxy) is 1. The van der Waals surface area contributed by atoms with E-state index in [0.717, 1.165) is 5.56 Å². The lowest BCUT2D eigenvalue weighted by atomic mass is 10.2. The highest BCUT2D eigenvalue weighted by molar-refractivity contribution is 9.10. The number of aryl methyl sites for hydroxylation is 1. The Hall–Kier alpha value is -1.49. The Balaban J connectivity index is 2.40. The van der Waals surface area contributed by atoms with Crippen LogP contribution >= 0.6 is 15.9 Å². The SMILES string of the molecule is Cc1ccc(Oc2cccc(Br)c2C(F)(F)F)cc1. The van der Waals surface area contributed by atoms with E-state index in [-0.39, 0.29) is 10.2 Å². The summed E-state index contributed by atoms with van der Waals surface area (Å²) < 4.78 is 44.2. The van der Waals surface area contributed by atoms with Crippen molar-refractivity contribution in [3.05, 3.63) is 58.1 Å². The molecule has 0 bridgehead atoms. The molecule has 0 aliphatic heterocycles. The minimum atomic E-state index is -4.47. The molecule has 0 unspecified atom stereocenters. The second-order valence-corrected chi connectivity index (χ2v) is 4.88. The van der Waals surface area contributed by atoms with Gasteiger partial charge in [0.1, 0.15) is 17.1 Å². The molecule has 0 N–H and O–H groups in total. The predicted octanol–water partition coefficient (Wildman–Crippen LogP) is 5.57. The first-order valence-electron chi connectivity index (χ1n) is 5.48. The highest BCUT2D eigenvalue weighted by atomic mass is 79.9. The number of hydrogen-bond donors (Lipinski definition) is 0. The Morgan fingerprint density at radius 3 is 2.21 bits per heavy atom. The summed E-state index contributed by atoms with van der Waals surface area (Å²) in [5.41, 5.74) is 0.202. The Labute approximate surface area is 117 Å². The summed E-state index contributed by atoms with van der Waals surface area (Å²) in [6.45, 7) is 1.89. The minimum Gasteiger partial charge on any atom is -0.457 e. The van der Waals surface area contributed by atoms with Crippen LogP contribution in [0.1, 0.15) is 11.1 Å². The summed E-state index contributed by atoms with van der Waals surface area (Å²) >= 11 is 2.91. The predicted molar refractivity (Wildman–Crippen MR) is 70.4 cm³/mol. The van der Waals surface area contributed by atoms with Crippen LogP contribution in [0.3, 0.4) is 0 Å². The zero-order valence-corrected chi connectivity index (χ0v) is 11.5. The van der Waals surface area contributed by atoms with E-state index in [9.17, 15) is 13.2 Å². The van der Waals surface area contributed by atoms with Gasteiger partial charge < -0.3 is 4.74 Å². The van der Waals surface area contributed by atoms with Crippen molar-refractivity contribution >= 4 is 15.9 Å². The van der Waals surface area contributed by atoms with Crippen molar-refractivity contribution in [2.45, 2.75) is 13.1 Å². The number of halogens is 4. The maximum Gasteiger partial charge on any atom is 0.421 e. The maximum atomic E-state index is 13.0. The lowest BCUT2D eigenvalue weighted by Crippen LogP contribution is -2.08. The molecule has 0 atom stereocenters. The van der Waals surface area contributed by atoms with Crippen molar-refractivity contribution in [3.63, 3.8) is 0 Å². The summed E-state index contributed by atoms with van der Waals surface area (Å²) in [6, 6.07) is 11.0. The van der Waals surface area contributed by atoms with Gasteiger partial charge in [-0.05, 0) is 31.2 Å². The average molecular weight is 331 g/mol. The van der Waals surface area contributed by atoms with Crippen LogP contribution in [-0.4, -0.2) is 0 Å². The van der Waals surface area contributed by atoms with E-state index in [1.54, 1.807) is 24.3 Å². The first kappa shape index (κ1) is 13.9. The fourth-order valence-corrected chi connectivity index (χ4v) is 2.17. The first-order valence-corrected chi connectivity index (χ1v) is 6.27. The van der Waals surface area contributed by atoms with Crippen molar-refractivity contribution in [3.8, 4) is 11.5 Å². The Bertz CT molecular complexity index is 576. The minimum absolute atomic E-state index is 0.0374. The first-order chi connectivity index (χ1) is 8.88. The number of alkyl halides is 3. The highest BCUT2D eigenvalue weighted by Gasteiger charge is 2.36. The van der Waals surface area contributed by atoms with Gasteiger partial charge in [-0.2, -0.15) is 13.2 Å². The van der Waals surface area contributed by atoms with Gasteiger partial charge in [-0.15, -0.1) is 0 Å². The van der Waals surface area contributed by atoms with E-state index in [0.29, 0.717) is 5.75 Å². The van der Waals surface area contributed by atoms with E-state index in [2.05, 4.69) is 15.9 Å². The zero-order chi connectivity index (χ0) is 14.0. The highest BCUT2D eigenvalue weighted by Crippen LogP contribution is 2.42. The molecular formula is C14H10BrF3O. The molecule has 2 aromatic rings. The standard InChI is InChI=1S/C14H10BrF3O/c1-9-5-7-10(8-6-9)19-12-4-2-3-11(15)13(12)14(16,17)18/h2-8H,1H3. The molecule has 0 heterocycles. The Morgan fingerprint density at radius 1 is 1.00 bits per heavy atom. The molecule has 0 amide bonds. The third-order valence-corrected chi connectivity index (χ3v) is 3.17. The van der Waals surface area contributed by atoms with Gasteiger partial charge in [-0.1, -0.05) is 39.7 Å². The Kier molecular flexibility index (Phi) is 3.85. The van der Waals surface area contributed by atoms with Gasteiger partial charge in [0.05, 0.1) is 0 Å². The largest absolute Gasteiger partial charge is 0.457 e. The number of rotatable bonds is 2. The summed E-state index contributed by atoms with van der Waals surface area (Å²) in [5.74, 6) is 0.153. The maximum absolute atomic E-state index is 13.0. The lowest BCUT2D eigenvalue weighted by Gasteiger charge is -2.15. The van der Waals surface area contributed by atoms with Gasteiger partial charge in [0, 0.05) is 4.47 Å². The number of benzene rings is 2. The zero-order valence-electron chi connectivity index (χ0n) is 9.96. The summed E-state index contributed by atoms with van der Waals surface area (Å²) in [7, 11) is 0. The van der Waals surface area contributed by atoms with Gasteiger partial charge in [0.15, 0.2) is 0 Å². The van der Waals surface area contributed by atoms with Crippen LogP contribution in [0.2, 0.25) is 0 Å². The lowest BCUT2D eigenvalue weighted by molar-refractivity contribution is -0.139. The van der Waals surface area contributed by atoms with Gasteiger partial charge >= 0.3 is 6.18 Å². The molecule has 100 valence electrons. The fraction of sp³-hybridized carbons (Fsp3) is 0.143. The second-order valence-electron chi connectivity index (χ2n) is 4.03. The molecule has 0 aromatic heterocycles. The van der Waals surface area contributed by atoms with Gasteiger partial charge in [0.2, 0.25) is 0 Å². The van der Waals surface area contributed by atoms with E-state index < -0.39 is 11.7 Å². The van der Waals surface area contributed by atoms with Crippen molar-refractivity contribution in [1.82, 2.24) is 0 Å². The molecule has 0 spiro atoms.